The maximum Gasteiger partial charge on any atom is 0.255 e. The van der Waals surface area contributed by atoms with Gasteiger partial charge in [-0.2, -0.15) is 0 Å². The zero-order valence-corrected chi connectivity index (χ0v) is 15.2. The fraction of sp³-hybridized carbons (Fsp3) is 0.200. The molecule has 0 saturated carbocycles. The fourth-order valence-corrected chi connectivity index (χ4v) is 2.96. The van der Waals surface area contributed by atoms with Crippen LogP contribution in [0.3, 0.4) is 0 Å². The van der Waals surface area contributed by atoms with E-state index in [4.69, 9.17) is 0 Å². The molecular formula is C20H19N5O. The first-order valence-electron chi connectivity index (χ1n) is 8.44. The standard InChI is InChI=1S/C20H19N5O/c1-11-12(2)22-18-10-15(7-8-16(18)21-11)20(26)24-17-6-5-9-25-14(4)13(3)23-19(17)25/h5-10H,1-4H3,(H,24,26). The van der Waals surface area contributed by atoms with Gasteiger partial charge in [-0.05, 0) is 58.0 Å². The smallest absolute Gasteiger partial charge is 0.255 e. The van der Waals surface area contributed by atoms with Crippen LogP contribution in [-0.4, -0.2) is 25.3 Å². The molecule has 4 rings (SSSR count). The van der Waals surface area contributed by atoms with Crippen molar-refractivity contribution >= 4 is 28.3 Å². The summed E-state index contributed by atoms with van der Waals surface area (Å²) in [5, 5.41) is 2.96. The number of aryl methyl sites for hydroxylation is 4. The van der Waals surface area contributed by atoms with Crippen molar-refractivity contribution < 1.29 is 4.79 Å². The molecule has 0 aliphatic heterocycles. The second-order valence-electron chi connectivity index (χ2n) is 6.45. The number of hydrogen-bond donors (Lipinski definition) is 1. The maximum absolute atomic E-state index is 12.7. The molecular weight excluding hydrogens is 326 g/mol. The molecule has 0 spiro atoms. The molecule has 6 heteroatoms. The first kappa shape index (κ1) is 16.2. The van der Waals surface area contributed by atoms with Crippen LogP contribution in [0, 0.1) is 27.7 Å². The van der Waals surface area contributed by atoms with Gasteiger partial charge in [0.2, 0.25) is 0 Å². The highest BCUT2D eigenvalue weighted by atomic mass is 16.1. The van der Waals surface area contributed by atoms with Crippen LogP contribution in [0.2, 0.25) is 0 Å². The predicted octanol–water partition coefficient (Wildman–Crippen LogP) is 3.76. The molecule has 4 aromatic rings. The van der Waals surface area contributed by atoms with Gasteiger partial charge < -0.3 is 9.72 Å². The minimum absolute atomic E-state index is 0.196. The molecule has 0 fully saturated rings. The van der Waals surface area contributed by atoms with E-state index in [2.05, 4.69) is 20.3 Å². The van der Waals surface area contributed by atoms with Crippen LogP contribution in [-0.2, 0) is 0 Å². The normalized spacial score (nSPS) is 11.2. The van der Waals surface area contributed by atoms with Crippen LogP contribution in [0.5, 0.6) is 0 Å². The third kappa shape index (κ3) is 2.60. The Morgan fingerprint density at radius 3 is 2.42 bits per heavy atom. The van der Waals surface area contributed by atoms with Crippen molar-refractivity contribution in [3.63, 3.8) is 0 Å². The lowest BCUT2D eigenvalue weighted by molar-refractivity contribution is 0.102. The highest BCUT2D eigenvalue weighted by Crippen LogP contribution is 2.21. The van der Waals surface area contributed by atoms with Crippen LogP contribution in [0.25, 0.3) is 16.7 Å². The Labute approximate surface area is 150 Å². The number of nitrogens with zero attached hydrogens (tertiary/aromatic N) is 4. The molecule has 3 aromatic heterocycles. The Hall–Kier alpha value is -3.28. The number of pyridine rings is 1. The van der Waals surface area contributed by atoms with E-state index < -0.39 is 0 Å². The SMILES string of the molecule is Cc1nc2ccc(C(=O)Nc3cccn4c(C)c(C)nc34)cc2nc1C. The Morgan fingerprint density at radius 1 is 0.923 bits per heavy atom. The Bertz CT molecular complexity index is 1180. The van der Waals surface area contributed by atoms with Crippen LogP contribution >= 0.6 is 0 Å². The van der Waals surface area contributed by atoms with Crippen molar-refractivity contribution in [2.24, 2.45) is 0 Å². The second kappa shape index (κ2) is 5.91. The van der Waals surface area contributed by atoms with Crippen molar-refractivity contribution in [3.05, 3.63) is 64.9 Å². The molecule has 0 aliphatic rings. The van der Waals surface area contributed by atoms with E-state index in [1.807, 2.05) is 56.5 Å². The summed E-state index contributed by atoms with van der Waals surface area (Å²) in [5.41, 5.74) is 7.22. The first-order valence-corrected chi connectivity index (χ1v) is 8.44. The number of carbonyl (C=O) groups is 1. The maximum atomic E-state index is 12.7. The molecule has 3 heterocycles. The summed E-state index contributed by atoms with van der Waals surface area (Å²) >= 11 is 0. The number of rotatable bonds is 2. The first-order chi connectivity index (χ1) is 12.4. The molecule has 0 unspecified atom stereocenters. The van der Waals surface area contributed by atoms with Gasteiger partial charge in [0.25, 0.3) is 5.91 Å². The lowest BCUT2D eigenvalue weighted by atomic mass is 10.1. The zero-order chi connectivity index (χ0) is 18.4. The number of amides is 1. The molecule has 0 radical (unpaired) electrons. The van der Waals surface area contributed by atoms with Gasteiger partial charge >= 0.3 is 0 Å². The molecule has 0 bridgehead atoms. The van der Waals surface area contributed by atoms with E-state index in [9.17, 15) is 4.79 Å². The molecule has 0 saturated heterocycles. The summed E-state index contributed by atoms with van der Waals surface area (Å²) in [7, 11) is 0. The van der Waals surface area contributed by atoms with Gasteiger partial charge in [0.05, 0.1) is 33.8 Å². The van der Waals surface area contributed by atoms with E-state index in [0.29, 0.717) is 16.8 Å². The van der Waals surface area contributed by atoms with Crippen molar-refractivity contribution in [2.75, 3.05) is 5.32 Å². The third-order valence-electron chi connectivity index (χ3n) is 4.71. The number of carbonyl (C=O) groups excluding carboxylic acids is 1. The summed E-state index contributed by atoms with van der Waals surface area (Å²) in [6.07, 6.45) is 1.94. The number of imidazole rings is 1. The van der Waals surface area contributed by atoms with Gasteiger partial charge in [0.1, 0.15) is 0 Å². The molecule has 1 amide bonds. The topological polar surface area (TPSA) is 72.2 Å². The molecule has 130 valence electrons. The third-order valence-corrected chi connectivity index (χ3v) is 4.71. The monoisotopic (exact) mass is 345 g/mol. The van der Waals surface area contributed by atoms with Crippen LogP contribution in [0.4, 0.5) is 5.69 Å². The quantitative estimate of drug-likeness (QED) is 0.600. The summed E-state index contributed by atoms with van der Waals surface area (Å²) < 4.78 is 1.98. The van der Waals surface area contributed by atoms with E-state index in [0.717, 1.165) is 33.9 Å². The van der Waals surface area contributed by atoms with E-state index in [1.165, 1.54) is 0 Å². The van der Waals surface area contributed by atoms with Gasteiger partial charge in [0.15, 0.2) is 5.65 Å². The number of fused-ring (bicyclic) bond motifs is 2. The average Bonchev–Trinajstić information content (AvgIpc) is 2.91. The minimum atomic E-state index is -0.196. The van der Waals surface area contributed by atoms with Gasteiger partial charge in [0, 0.05) is 17.5 Å². The van der Waals surface area contributed by atoms with E-state index >= 15 is 0 Å². The van der Waals surface area contributed by atoms with Crippen molar-refractivity contribution in [1.29, 1.82) is 0 Å². The zero-order valence-electron chi connectivity index (χ0n) is 15.2. The predicted molar refractivity (Wildman–Crippen MR) is 102 cm³/mol. The Morgan fingerprint density at radius 2 is 1.65 bits per heavy atom. The molecule has 1 N–H and O–H groups in total. The fourth-order valence-electron chi connectivity index (χ4n) is 2.96. The van der Waals surface area contributed by atoms with Crippen LogP contribution in [0.1, 0.15) is 33.1 Å². The van der Waals surface area contributed by atoms with Gasteiger partial charge in [-0.25, -0.2) is 15.0 Å². The van der Waals surface area contributed by atoms with Crippen LogP contribution in [0.15, 0.2) is 36.5 Å². The minimum Gasteiger partial charge on any atom is -0.319 e. The number of anilines is 1. The number of aromatic nitrogens is 4. The summed E-state index contributed by atoms with van der Waals surface area (Å²) in [4.78, 5) is 26.3. The largest absolute Gasteiger partial charge is 0.319 e. The Balaban J connectivity index is 1.72. The van der Waals surface area contributed by atoms with Gasteiger partial charge in [-0.15, -0.1) is 0 Å². The molecule has 0 atom stereocenters. The van der Waals surface area contributed by atoms with E-state index in [-0.39, 0.29) is 5.91 Å². The molecule has 26 heavy (non-hydrogen) atoms. The van der Waals surface area contributed by atoms with E-state index in [1.54, 1.807) is 12.1 Å². The molecule has 6 nitrogen and oxygen atoms in total. The van der Waals surface area contributed by atoms with Crippen molar-refractivity contribution in [1.82, 2.24) is 19.4 Å². The molecule has 0 aliphatic carbocycles. The second-order valence-corrected chi connectivity index (χ2v) is 6.45. The van der Waals surface area contributed by atoms with Gasteiger partial charge in [-0.1, -0.05) is 0 Å². The highest BCUT2D eigenvalue weighted by molar-refractivity contribution is 6.07. The summed E-state index contributed by atoms with van der Waals surface area (Å²) in [6, 6.07) is 9.12. The molecule has 1 aromatic carbocycles. The van der Waals surface area contributed by atoms with Crippen LogP contribution < -0.4 is 5.32 Å². The number of nitrogens with one attached hydrogen (secondary N) is 1. The lowest BCUT2D eigenvalue weighted by Crippen LogP contribution is -2.13. The number of hydrogen-bond acceptors (Lipinski definition) is 4. The number of benzene rings is 1. The van der Waals surface area contributed by atoms with Crippen molar-refractivity contribution in [2.45, 2.75) is 27.7 Å². The van der Waals surface area contributed by atoms with Crippen molar-refractivity contribution in [3.8, 4) is 0 Å². The highest BCUT2D eigenvalue weighted by Gasteiger charge is 2.13. The Kier molecular flexibility index (Phi) is 3.68. The average molecular weight is 345 g/mol. The summed E-state index contributed by atoms with van der Waals surface area (Å²) in [5.74, 6) is -0.196. The van der Waals surface area contributed by atoms with Gasteiger partial charge in [-0.3, -0.25) is 4.79 Å². The lowest BCUT2D eigenvalue weighted by Gasteiger charge is -2.08. The summed E-state index contributed by atoms with van der Waals surface area (Å²) in [6.45, 7) is 7.81.